The largest absolute Gasteiger partial charge is 0.494 e. The van der Waals surface area contributed by atoms with Gasteiger partial charge in [0.15, 0.2) is 0 Å². The normalized spacial score (nSPS) is 11.9. The van der Waals surface area contributed by atoms with E-state index in [-0.39, 0.29) is 31.1 Å². The summed E-state index contributed by atoms with van der Waals surface area (Å²) in [7, 11) is 0. The van der Waals surface area contributed by atoms with Gasteiger partial charge in [0.1, 0.15) is 18.1 Å². The molecule has 4 rings (SSSR count). The second-order valence-corrected chi connectivity index (χ2v) is 10.2. The van der Waals surface area contributed by atoms with Crippen LogP contribution in [0.5, 0.6) is 11.5 Å². The first-order valence-corrected chi connectivity index (χ1v) is 13.9. The molecule has 4 N–H and O–H groups in total. The number of halogens is 5. The topological polar surface area (TPSA) is 96.8 Å². The Labute approximate surface area is 257 Å². The number of nitrogen functional groups attached to an aromatic ring is 2. The van der Waals surface area contributed by atoms with E-state index in [9.17, 15) is 26.7 Å². The molecule has 0 saturated heterocycles. The molecule has 0 amide bonds. The molecule has 0 atom stereocenters. The number of hydrogen-bond acceptors (Lipinski definition) is 6. The average Bonchev–Trinajstić information content (AvgIpc) is 2.98. The van der Waals surface area contributed by atoms with Crippen LogP contribution >= 0.6 is 0 Å². The highest BCUT2D eigenvalue weighted by Crippen LogP contribution is 2.33. The van der Waals surface area contributed by atoms with Gasteiger partial charge in [-0.1, -0.05) is 24.3 Å². The minimum Gasteiger partial charge on any atom is -0.494 e. The van der Waals surface area contributed by atoms with Crippen molar-refractivity contribution in [2.75, 3.05) is 18.1 Å². The number of esters is 1. The van der Waals surface area contributed by atoms with Crippen LogP contribution in [0, 0.1) is 6.92 Å². The Kier molecular flexibility index (Phi) is 10.3. The van der Waals surface area contributed by atoms with E-state index in [0.29, 0.717) is 22.5 Å². The molecule has 0 radical (unpaired) electrons. The zero-order chi connectivity index (χ0) is 32.6. The van der Waals surface area contributed by atoms with Gasteiger partial charge in [0.05, 0.1) is 12.2 Å². The summed E-state index contributed by atoms with van der Waals surface area (Å²) in [5.41, 5.74) is 16.5. The van der Waals surface area contributed by atoms with Crippen LogP contribution in [0.2, 0.25) is 0 Å². The molecule has 0 spiro atoms. The zero-order valence-electron chi connectivity index (χ0n) is 24.2. The van der Waals surface area contributed by atoms with E-state index < -0.39 is 30.2 Å². The number of anilines is 2. The Balaban J connectivity index is 1.31. The number of aryl methyl sites for hydroxylation is 1. The molecule has 0 aliphatic heterocycles. The number of carbonyl (C=O) groups excluding carboxylic acids is 1. The maximum atomic E-state index is 14.8. The lowest BCUT2D eigenvalue weighted by atomic mass is 9.95. The second kappa shape index (κ2) is 14.1. The van der Waals surface area contributed by atoms with E-state index in [4.69, 9.17) is 25.7 Å². The summed E-state index contributed by atoms with van der Waals surface area (Å²) in [6, 6.07) is 21.1. The Hall–Kier alpha value is -5.06. The Morgan fingerprint density at radius 3 is 2.07 bits per heavy atom. The van der Waals surface area contributed by atoms with Crippen molar-refractivity contribution in [3.63, 3.8) is 0 Å². The molecule has 0 aliphatic rings. The SMILES string of the molecule is Cc1cc(N)ccc1-c1ccc(N)cc1COC(=O)/C=C/c1ccc(C(F)(F)Oc2ccc(OCCCC(F)(F)F)cc2)cc1. The van der Waals surface area contributed by atoms with Crippen LogP contribution in [0.25, 0.3) is 17.2 Å². The van der Waals surface area contributed by atoms with E-state index in [2.05, 4.69) is 0 Å². The van der Waals surface area contributed by atoms with Crippen LogP contribution in [-0.4, -0.2) is 18.8 Å². The molecule has 0 aromatic heterocycles. The smallest absolute Gasteiger partial charge is 0.426 e. The highest BCUT2D eigenvalue weighted by molar-refractivity contribution is 5.87. The van der Waals surface area contributed by atoms with Gasteiger partial charge in [0, 0.05) is 23.9 Å². The van der Waals surface area contributed by atoms with Gasteiger partial charge in [0.2, 0.25) is 0 Å². The second-order valence-electron chi connectivity index (χ2n) is 10.2. The van der Waals surface area contributed by atoms with E-state index in [1.54, 1.807) is 18.2 Å². The molecule has 0 saturated carbocycles. The molecule has 4 aromatic carbocycles. The third-order valence-corrected chi connectivity index (χ3v) is 6.64. The van der Waals surface area contributed by atoms with Crippen molar-refractivity contribution < 1.29 is 41.0 Å². The molecule has 11 heteroatoms. The molecule has 236 valence electrons. The molecule has 0 unspecified atom stereocenters. The standard InChI is InChI=1S/C34H31F5N2O4/c1-22-19-26(40)8-14-30(22)31-15-9-27(41)20-24(31)21-44-32(42)16-5-23-3-6-25(7-4-23)34(38,39)45-29-12-10-28(11-13-29)43-18-2-17-33(35,36)37/h3-16,19-20H,2,17-18,21,40-41H2,1H3/b16-5+. The first-order valence-electron chi connectivity index (χ1n) is 13.9. The maximum Gasteiger partial charge on any atom is 0.426 e. The van der Waals surface area contributed by atoms with Crippen molar-refractivity contribution in [2.24, 2.45) is 0 Å². The average molecular weight is 627 g/mol. The van der Waals surface area contributed by atoms with E-state index in [0.717, 1.165) is 28.8 Å². The summed E-state index contributed by atoms with van der Waals surface area (Å²) in [6.45, 7) is 1.72. The fourth-order valence-corrected chi connectivity index (χ4v) is 4.41. The van der Waals surface area contributed by atoms with E-state index in [1.807, 2.05) is 25.1 Å². The van der Waals surface area contributed by atoms with Crippen LogP contribution in [0.4, 0.5) is 33.3 Å². The minimum atomic E-state index is -4.27. The maximum absolute atomic E-state index is 14.8. The number of alkyl halides is 5. The van der Waals surface area contributed by atoms with Gasteiger partial charge in [-0.3, -0.25) is 0 Å². The molecule has 0 aliphatic carbocycles. The summed E-state index contributed by atoms with van der Waals surface area (Å²) in [5.74, 6) is -0.570. The van der Waals surface area contributed by atoms with E-state index >= 15 is 0 Å². The summed E-state index contributed by atoms with van der Waals surface area (Å²) in [5, 5.41) is 0. The predicted molar refractivity (Wildman–Crippen MR) is 162 cm³/mol. The van der Waals surface area contributed by atoms with Crippen molar-refractivity contribution >= 4 is 23.4 Å². The van der Waals surface area contributed by atoms with E-state index in [1.165, 1.54) is 48.6 Å². The lowest BCUT2D eigenvalue weighted by Crippen LogP contribution is -2.21. The van der Waals surface area contributed by atoms with Gasteiger partial charge in [-0.15, -0.1) is 0 Å². The van der Waals surface area contributed by atoms with Crippen LogP contribution in [0.1, 0.15) is 35.1 Å². The Morgan fingerprint density at radius 1 is 0.800 bits per heavy atom. The number of benzene rings is 4. The zero-order valence-corrected chi connectivity index (χ0v) is 24.2. The third kappa shape index (κ3) is 9.72. The predicted octanol–water partition coefficient (Wildman–Crippen LogP) is 8.43. The molecular weight excluding hydrogens is 595 g/mol. The Bertz CT molecular complexity index is 1640. The first kappa shape index (κ1) is 32.8. The van der Waals surface area contributed by atoms with Crippen molar-refractivity contribution in [1.82, 2.24) is 0 Å². The van der Waals surface area contributed by atoms with Crippen LogP contribution in [0.15, 0.2) is 91.0 Å². The minimum absolute atomic E-state index is 0.0406. The summed E-state index contributed by atoms with van der Waals surface area (Å²) >= 11 is 0. The van der Waals surface area contributed by atoms with Crippen molar-refractivity contribution in [3.8, 4) is 22.6 Å². The highest BCUT2D eigenvalue weighted by Gasteiger charge is 2.34. The fourth-order valence-electron chi connectivity index (χ4n) is 4.41. The number of carbonyl (C=O) groups is 1. The molecule has 6 nitrogen and oxygen atoms in total. The molecule has 0 fully saturated rings. The Morgan fingerprint density at radius 2 is 1.42 bits per heavy atom. The van der Waals surface area contributed by atoms with Gasteiger partial charge in [-0.05, 0) is 108 Å². The van der Waals surface area contributed by atoms with Crippen molar-refractivity contribution in [1.29, 1.82) is 0 Å². The highest BCUT2D eigenvalue weighted by atomic mass is 19.4. The first-order chi connectivity index (χ1) is 21.3. The molecule has 4 aromatic rings. The van der Waals surface area contributed by atoms with Gasteiger partial charge in [-0.2, -0.15) is 22.0 Å². The monoisotopic (exact) mass is 626 g/mol. The van der Waals surface area contributed by atoms with Gasteiger partial charge in [0.25, 0.3) is 0 Å². The number of hydrogen-bond donors (Lipinski definition) is 2. The van der Waals surface area contributed by atoms with Crippen molar-refractivity contribution in [2.45, 2.75) is 38.7 Å². The number of nitrogens with two attached hydrogens (primary N) is 2. The number of rotatable bonds is 12. The van der Waals surface area contributed by atoms with Gasteiger partial charge < -0.3 is 25.7 Å². The van der Waals surface area contributed by atoms with Gasteiger partial charge in [-0.25, -0.2) is 4.79 Å². The number of ether oxygens (including phenoxy) is 3. The summed E-state index contributed by atoms with van der Waals surface area (Å²) in [6.07, 6.45) is -6.53. The fraction of sp³-hybridized carbons (Fsp3) is 0.206. The summed E-state index contributed by atoms with van der Waals surface area (Å²) < 4.78 is 81.7. The lowest BCUT2D eigenvalue weighted by molar-refractivity contribution is -0.185. The summed E-state index contributed by atoms with van der Waals surface area (Å²) in [4.78, 5) is 12.4. The van der Waals surface area contributed by atoms with Crippen LogP contribution in [0.3, 0.4) is 0 Å². The van der Waals surface area contributed by atoms with Crippen LogP contribution < -0.4 is 20.9 Å². The van der Waals surface area contributed by atoms with Gasteiger partial charge >= 0.3 is 18.3 Å². The quantitative estimate of drug-likeness (QED) is 0.0539. The van der Waals surface area contributed by atoms with Crippen molar-refractivity contribution in [3.05, 3.63) is 113 Å². The molecular formula is C34H31F5N2O4. The third-order valence-electron chi connectivity index (χ3n) is 6.64. The molecule has 45 heavy (non-hydrogen) atoms. The van der Waals surface area contributed by atoms with Crippen LogP contribution in [-0.2, 0) is 22.2 Å². The molecule has 0 bridgehead atoms. The molecule has 0 heterocycles. The lowest BCUT2D eigenvalue weighted by Gasteiger charge is -2.18.